The summed E-state index contributed by atoms with van der Waals surface area (Å²) in [5, 5.41) is 0. The van der Waals surface area contributed by atoms with E-state index in [4.69, 9.17) is 0 Å². The van der Waals surface area contributed by atoms with Gasteiger partial charge >= 0.3 is 0 Å². The van der Waals surface area contributed by atoms with Gasteiger partial charge in [-0.2, -0.15) is 0 Å². The molecule has 0 radical (unpaired) electrons. The number of hydrogen-bond acceptors (Lipinski definition) is 0. The summed E-state index contributed by atoms with van der Waals surface area (Å²) in [5.74, 6) is 0. The fourth-order valence-electron chi connectivity index (χ4n) is 1.91. The van der Waals surface area contributed by atoms with Crippen LogP contribution in [0.2, 0.25) is 0 Å². The first-order valence-corrected chi connectivity index (χ1v) is 6.20. The molecule has 0 bridgehead atoms. The molecule has 1 aliphatic carbocycles. The fraction of sp³-hybridized carbons (Fsp3) is 0.375. The minimum atomic E-state index is 1.21. The molecule has 0 fully saturated rings. The number of benzene rings is 1. The lowest BCUT2D eigenvalue weighted by Crippen LogP contribution is -1.94. The molecule has 0 spiro atoms. The average Bonchev–Trinajstić information content (AvgIpc) is 2.36. The van der Waals surface area contributed by atoms with Crippen molar-refractivity contribution in [1.29, 1.82) is 0 Å². The van der Waals surface area contributed by atoms with Crippen LogP contribution in [0.3, 0.4) is 0 Å². The van der Waals surface area contributed by atoms with E-state index in [0.29, 0.717) is 0 Å². The molecule has 0 heteroatoms. The predicted molar refractivity (Wildman–Crippen MR) is 73.4 cm³/mol. The Hall–Kier alpha value is -1.30. The SMILES string of the molecule is CC.CC1=CC(c2ccccc2)=C(C)CC1. The third kappa shape index (κ3) is 3.10. The molecule has 1 aromatic rings. The summed E-state index contributed by atoms with van der Waals surface area (Å²) in [6, 6.07) is 10.7. The van der Waals surface area contributed by atoms with Crippen LogP contribution in [0.15, 0.2) is 47.6 Å². The van der Waals surface area contributed by atoms with Crippen LogP contribution in [0.1, 0.15) is 46.1 Å². The average molecular weight is 214 g/mol. The zero-order chi connectivity index (χ0) is 12.0. The molecule has 16 heavy (non-hydrogen) atoms. The van der Waals surface area contributed by atoms with Gasteiger partial charge in [0.05, 0.1) is 0 Å². The van der Waals surface area contributed by atoms with E-state index >= 15 is 0 Å². The van der Waals surface area contributed by atoms with Crippen LogP contribution in [-0.2, 0) is 0 Å². The molecule has 0 nitrogen and oxygen atoms in total. The van der Waals surface area contributed by atoms with Gasteiger partial charge in [0.1, 0.15) is 0 Å². The number of allylic oxidation sites excluding steroid dienone is 4. The molecule has 0 amide bonds. The van der Waals surface area contributed by atoms with E-state index in [1.807, 2.05) is 13.8 Å². The highest BCUT2D eigenvalue weighted by molar-refractivity contribution is 5.77. The first-order valence-electron chi connectivity index (χ1n) is 6.20. The van der Waals surface area contributed by atoms with Crippen molar-refractivity contribution >= 4 is 5.57 Å². The Morgan fingerprint density at radius 2 is 1.50 bits per heavy atom. The van der Waals surface area contributed by atoms with Crippen molar-refractivity contribution < 1.29 is 0 Å². The van der Waals surface area contributed by atoms with Gasteiger partial charge in [0.15, 0.2) is 0 Å². The Morgan fingerprint density at radius 1 is 0.875 bits per heavy atom. The molecule has 0 saturated heterocycles. The van der Waals surface area contributed by atoms with Gasteiger partial charge < -0.3 is 0 Å². The summed E-state index contributed by atoms with van der Waals surface area (Å²) in [6.07, 6.45) is 4.77. The normalized spacial score (nSPS) is 15.1. The quantitative estimate of drug-likeness (QED) is 0.600. The van der Waals surface area contributed by atoms with Crippen LogP contribution in [0.4, 0.5) is 0 Å². The second-order valence-corrected chi connectivity index (χ2v) is 4.05. The van der Waals surface area contributed by atoms with Crippen LogP contribution in [0, 0.1) is 0 Å². The first kappa shape index (κ1) is 12.8. The lowest BCUT2D eigenvalue weighted by molar-refractivity contribution is 0.911. The van der Waals surface area contributed by atoms with Crippen LogP contribution in [-0.4, -0.2) is 0 Å². The summed E-state index contributed by atoms with van der Waals surface area (Å²) in [7, 11) is 0. The Kier molecular flexibility index (Phi) is 5.04. The van der Waals surface area contributed by atoms with Gasteiger partial charge in [-0.1, -0.05) is 61.4 Å². The minimum Gasteiger partial charge on any atom is -0.0724 e. The molecular formula is C16H22. The van der Waals surface area contributed by atoms with Gasteiger partial charge in [-0.25, -0.2) is 0 Å². The molecule has 0 saturated carbocycles. The standard InChI is InChI=1S/C14H16.C2H6/c1-11-8-9-12(2)14(10-11)13-6-4-3-5-7-13;1-2/h3-7,10H,8-9H2,1-2H3;1-2H3. The Balaban J connectivity index is 0.000000606. The Morgan fingerprint density at radius 3 is 2.12 bits per heavy atom. The molecule has 1 aliphatic rings. The van der Waals surface area contributed by atoms with Crippen molar-refractivity contribution in [2.45, 2.75) is 40.5 Å². The highest BCUT2D eigenvalue weighted by Gasteiger charge is 2.08. The third-order valence-electron chi connectivity index (χ3n) is 2.83. The van der Waals surface area contributed by atoms with Gasteiger partial charge in [0.25, 0.3) is 0 Å². The van der Waals surface area contributed by atoms with Crippen molar-refractivity contribution in [3.63, 3.8) is 0 Å². The molecule has 2 rings (SSSR count). The molecule has 0 N–H and O–H groups in total. The van der Waals surface area contributed by atoms with Crippen molar-refractivity contribution in [1.82, 2.24) is 0 Å². The highest BCUT2D eigenvalue weighted by Crippen LogP contribution is 2.29. The lowest BCUT2D eigenvalue weighted by Gasteiger charge is -2.15. The minimum absolute atomic E-state index is 1.21. The monoisotopic (exact) mass is 214 g/mol. The van der Waals surface area contributed by atoms with Crippen LogP contribution in [0.5, 0.6) is 0 Å². The molecule has 86 valence electrons. The molecule has 1 aromatic carbocycles. The van der Waals surface area contributed by atoms with Gasteiger partial charge in [-0.3, -0.25) is 0 Å². The van der Waals surface area contributed by atoms with E-state index in [0.717, 1.165) is 0 Å². The molecule has 0 unspecified atom stereocenters. The maximum atomic E-state index is 2.33. The fourth-order valence-corrected chi connectivity index (χ4v) is 1.91. The van der Waals surface area contributed by atoms with E-state index in [9.17, 15) is 0 Å². The highest BCUT2D eigenvalue weighted by atomic mass is 14.1. The van der Waals surface area contributed by atoms with E-state index < -0.39 is 0 Å². The molecular weight excluding hydrogens is 192 g/mol. The van der Waals surface area contributed by atoms with Crippen LogP contribution < -0.4 is 0 Å². The Labute approximate surface area is 99.7 Å². The summed E-state index contributed by atoms with van der Waals surface area (Å²) in [6.45, 7) is 8.46. The summed E-state index contributed by atoms with van der Waals surface area (Å²) < 4.78 is 0. The van der Waals surface area contributed by atoms with E-state index in [-0.39, 0.29) is 0 Å². The summed E-state index contributed by atoms with van der Waals surface area (Å²) >= 11 is 0. The topological polar surface area (TPSA) is 0 Å². The summed E-state index contributed by atoms with van der Waals surface area (Å²) in [4.78, 5) is 0. The zero-order valence-corrected chi connectivity index (χ0v) is 10.9. The number of hydrogen-bond donors (Lipinski definition) is 0. The van der Waals surface area contributed by atoms with Gasteiger partial charge in [-0.05, 0) is 37.8 Å². The van der Waals surface area contributed by atoms with Gasteiger partial charge in [0, 0.05) is 0 Å². The van der Waals surface area contributed by atoms with Crippen LogP contribution >= 0.6 is 0 Å². The van der Waals surface area contributed by atoms with Crippen molar-refractivity contribution in [3.8, 4) is 0 Å². The van der Waals surface area contributed by atoms with Gasteiger partial charge in [0.2, 0.25) is 0 Å². The van der Waals surface area contributed by atoms with Crippen LogP contribution in [0.25, 0.3) is 5.57 Å². The first-order chi connectivity index (χ1) is 7.77. The molecule has 0 atom stereocenters. The van der Waals surface area contributed by atoms with Crippen molar-refractivity contribution in [3.05, 3.63) is 53.1 Å². The second kappa shape index (κ2) is 6.32. The van der Waals surface area contributed by atoms with Crippen molar-refractivity contribution in [2.24, 2.45) is 0 Å². The maximum absolute atomic E-state index is 2.33. The molecule has 0 aromatic heterocycles. The lowest BCUT2D eigenvalue weighted by atomic mass is 9.90. The number of rotatable bonds is 1. The van der Waals surface area contributed by atoms with E-state index in [1.165, 1.54) is 35.1 Å². The largest absolute Gasteiger partial charge is 0.0724 e. The predicted octanol–water partition coefficient (Wildman–Crippen LogP) is 5.23. The smallest absolute Gasteiger partial charge is 0.0185 e. The van der Waals surface area contributed by atoms with E-state index in [2.05, 4.69) is 50.3 Å². The summed E-state index contributed by atoms with van der Waals surface area (Å²) in [5.41, 5.74) is 5.79. The third-order valence-corrected chi connectivity index (χ3v) is 2.83. The molecule has 0 aliphatic heterocycles. The molecule has 0 heterocycles. The Bertz CT molecular complexity index is 380. The van der Waals surface area contributed by atoms with Crippen molar-refractivity contribution in [2.75, 3.05) is 0 Å². The zero-order valence-electron chi connectivity index (χ0n) is 10.9. The van der Waals surface area contributed by atoms with E-state index in [1.54, 1.807) is 0 Å². The second-order valence-electron chi connectivity index (χ2n) is 4.05. The maximum Gasteiger partial charge on any atom is -0.0185 e. The van der Waals surface area contributed by atoms with Gasteiger partial charge in [-0.15, -0.1) is 0 Å².